The van der Waals surface area contributed by atoms with Gasteiger partial charge >= 0.3 is 5.97 Å². The molecule has 1 aliphatic heterocycles. The summed E-state index contributed by atoms with van der Waals surface area (Å²) in [4.78, 5) is 23.1. The summed E-state index contributed by atoms with van der Waals surface area (Å²) in [5, 5.41) is 15.8. The van der Waals surface area contributed by atoms with Gasteiger partial charge in [0.2, 0.25) is 5.91 Å². The van der Waals surface area contributed by atoms with E-state index in [2.05, 4.69) is 10.6 Å². The number of aromatic carboxylic acids is 1. The van der Waals surface area contributed by atoms with Crippen LogP contribution in [0.2, 0.25) is 0 Å². The number of hydrogen-bond acceptors (Lipinski definition) is 4. The first-order valence-electron chi connectivity index (χ1n) is 6.91. The van der Waals surface area contributed by atoms with E-state index < -0.39 is 5.97 Å². The van der Waals surface area contributed by atoms with Crippen LogP contribution in [0.25, 0.3) is 11.0 Å². The van der Waals surface area contributed by atoms with Crippen molar-refractivity contribution in [2.24, 2.45) is 0 Å². The third kappa shape index (κ3) is 2.62. The molecular weight excluding hydrogens is 272 g/mol. The lowest BCUT2D eigenvalue weighted by Crippen LogP contribution is -2.47. The number of fused-ring (bicyclic) bond motifs is 1. The summed E-state index contributed by atoms with van der Waals surface area (Å²) in [6.07, 6.45) is 1.66. The maximum Gasteiger partial charge on any atom is 0.339 e. The van der Waals surface area contributed by atoms with Crippen LogP contribution in [0.4, 0.5) is 0 Å². The first-order valence-corrected chi connectivity index (χ1v) is 6.91. The minimum absolute atomic E-state index is 0.0470. The highest BCUT2D eigenvalue weighted by Gasteiger charge is 2.24. The lowest BCUT2D eigenvalue weighted by atomic mass is 10.1. The molecule has 6 heteroatoms. The molecule has 2 heterocycles. The highest BCUT2D eigenvalue weighted by molar-refractivity contribution is 6.03. The molecule has 0 saturated carbocycles. The molecule has 1 unspecified atom stereocenters. The van der Waals surface area contributed by atoms with Crippen molar-refractivity contribution >= 4 is 22.8 Å². The summed E-state index contributed by atoms with van der Waals surface area (Å²) in [5.41, 5.74) is 0.703. The third-order valence-corrected chi connectivity index (χ3v) is 3.68. The fourth-order valence-corrected chi connectivity index (χ4v) is 2.64. The Morgan fingerprint density at radius 1 is 1.43 bits per heavy atom. The van der Waals surface area contributed by atoms with E-state index in [4.69, 9.17) is 4.42 Å². The van der Waals surface area contributed by atoms with Crippen LogP contribution in [0.1, 0.15) is 29.0 Å². The number of carboxylic acids is 1. The molecule has 1 atom stereocenters. The van der Waals surface area contributed by atoms with Crippen molar-refractivity contribution in [2.45, 2.75) is 25.4 Å². The monoisotopic (exact) mass is 288 g/mol. The van der Waals surface area contributed by atoms with Crippen LogP contribution >= 0.6 is 0 Å². The molecule has 1 aliphatic rings. The zero-order valence-corrected chi connectivity index (χ0v) is 11.4. The summed E-state index contributed by atoms with van der Waals surface area (Å²) in [6, 6.07) is 6.73. The van der Waals surface area contributed by atoms with Crippen LogP contribution < -0.4 is 10.6 Å². The van der Waals surface area contributed by atoms with Gasteiger partial charge in [-0.05, 0) is 18.9 Å². The summed E-state index contributed by atoms with van der Waals surface area (Å²) < 4.78 is 5.61. The number of benzene rings is 1. The van der Waals surface area contributed by atoms with E-state index in [0.717, 1.165) is 12.8 Å². The Hall–Kier alpha value is -2.34. The molecule has 1 aromatic heterocycles. The standard InChI is InChI=1S/C15H16N2O4/c18-14-10(5-3-7-16-14)17-8-12-13(15(19)20)9-4-1-2-6-11(9)21-12/h1-2,4,6,10,17H,3,5,7-8H2,(H,16,18)(H,19,20). The zero-order chi connectivity index (χ0) is 14.8. The summed E-state index contributed by atoms with van der Waals surface area (Å²) in [6.45, 7) is 0.913. The summed E-state index contributed by atoms with van der Waals surface area (Å²) in [7, 11) is 0. The van der Waals surface area contributed by atoms with E-state index in [-0.39, 0.29) is 24.1 Å². The minimum Gasteiger partial charge on any atom is -0.478 e. The van der Waals surface area contributed by atoms with Gasteiger partial charge in [-0.15, -0.1) is 0 Å². The molecular formula is C15H16N2O4. The van der Waals surface area contributed by atoms with Crippen molar-refractivity contribution in [3.05, 3.63) is 35.6 Å². The second kappa shape index (κ2) is 5.57. The number of rotatable bonds is 4. The Labute approximate surface area is 121 Å². The predicted octanol–water partition coefficient (Wildman–Crippen LogP) is 1.50. The van der Waals surface area contributed by atoms with Gasteiger partial charge in [0.1, 0.15) is 16.9 Å². The number of amides is 1. The molecule has 1 fully saturated rings. The van der Waals surface area contributed by atoms with Gasteiger partial charge in [-0.2, -0.15) is 0 Å². The molecule has 1 amide bonds. The topological polar surface area (TPSA) is 91.6 Å². The van der Waals surface area contributed by atoms with E-state index in [1.165, 1.54) is 0 Å². The molecule has 0 spiro atoms. The smallest absolute Gasteiger partial charge is 0.339 e. The number of piperidine rings is 1. The number of para-hydroxylation sites is 1. The normalized spacial score (nSPS) is 18.7. The average Bonchev–Trinajstić information content (AvgIpc) is 2.85. The van der Waals surface area contributed by atoms with E-state index in [1.807, 2.05) is 0 Å². The zero-order valence-electron chi connectivity index (χ0n) is 11.4. The largest absolute Gasteiger partial charge is 0.478 e. The number of nitrogens with one attached hydrogen (secondary N) is 2. The predicted molar refractivity (Wildman–Crippen MR) is 76.0 cm³/mol. The van der Waals surface area contributed by atoms with Crippen molar-refractivity contribution in [1.29, 1.82) is 0 Å². The fraction of sp³-hybridized carbons (Fsp3) is 0.333. The van der Waals surface area contributed by atoms with E-state index in [0.29, 0.717) is 23.3 Å². The molecule has 3 N–H and O–H groups in total. The number of carbonyl (C=O) groups excluding carboxylic acids is 1. The van der Waals surface area contributed by atoms with Crippen LogP contribution in [-0.2, 0) is 11.3 Å². The Morgan fingerprint density at radius 2 is 2.24 bits per heavy atom. The molecule has 0 aliphatic carbocycles. The first-order chi connectivity index (χ1) is 10.2. The van der Waals surface area contributed by atoms with Gasteiger partial charge in [-0.1, -0.05) is 18.2 Å². The molecule has 0 radical (unpaired) electrons. The van der Waals surface area contributed by atoms with Crippen LogP contribution in [-0.4, -0.2) is 29.6 Å². The molecule has 6 nitrogen and oxygen atoms in total. The molecule has 110 valence electrons. The van der Waals surface area contributed by atoms with Gasteiger partial charge in [0.15, 0.2) is 0 Å². The summed E-state index contributed by atoms with van der Waals surface area (Å²) >= 11 is 0. The van der Waals surface area contributed by atoms with Crippen molar-refractivity contribution < 1.29 is 19.1 Å². The first kappa shape index (κ1) is 13.6. The van der Waals surface area contributed by atoms with Gasteiger partial charge in [0.05, 0.1) is 12.6 Å². The van der Waals surface area contributed by atoms with Gasteiger partial charge in [-0.25, -0.2) is 4.79 Å². The fourth-order valence-electron chi connectivity index (χ4n) is 2.64. The Balaban J connectivity index is 1.84. The number of carbonyl (C=O) groups is 2. The van der Waals surface area contributed by atoms with Crippen molar-refractivity contribution in [3.8, 4) is 0 Å². The highest BCUT2D eigenvalue weighted by atomic mass is 16.4. The second-order valence-corrected chi connectivity index (χ2v) is 5.07. The Bertz CT molecular complexity index is 692. The van der Waals surface area contributed by atoms with Crippen LogP contribution in [0.15, 0.2) is 28.7 Å². The summed E-state index contributed by atoms with van der Waals surface area (Å²) in [5.74, 6) is -0.721. The Kier molecular flexibility index (Phi) is 3.62. The van der Waals surface area contributed by atoms with E-state index >= 15 is 0 Å². The Morgan fingerprint density at radius 3 is 3.00 bits per heavy atom. The van der Waals surface area contributed by atoms with Crippen molar-refractivity contribution in [3.63, 3.8) is 0 Å². The number of carboxylic acid groups (broad SMARTS) is 1. The van der Waals surface area contributed by atoms with Crippen LogP contribution in [0, 0.1) is 0 Å². The molecule has 2 aromatic rings. The van der Waals surface area contributed by atoms with E-state index in [9.17, 15) is 14.7 Å². The lowest BCUT2D eigenvalue weighted by Gasteiger charge is -2.22. The maximum absolute atomic E-state index is 11.7. The van der Waals surface area contributed by atoms with Gasteiger partial charge in [-0.3, -0.25) is 10.1 Å². The molecule has 1 aromatic carbocycles. The van der Waals surface area contributed by atoms with Gasteiger partial charge < -0.3 is 14.8 Å². The van der Waals surface area contributed by atoms with Crippen molar-refractivity contribution in [1.82, 2.24) is 10.6 Å². The molecule has 1 saturated heterocycles. The third-order valence-electron chi connectivity index (χ3n) is 3.68. The maximum atomic E-state index is 11.7. The number of hydrogen-bond donors (Lipinski definition) is 3. The van der Waals surface area contributed by atoms with E-state index in [1.54, 1.807) is 24.3 Å². The quantitative estimate of drug-likeness (QED) is 0.793. The van der Waals surface area contributed by atoms with Crippen LogP contribution in [0.5, 0.6) is 0 Å². The van der Waals surface area contributed by atoms with Gasteiger partial charge in [0, 0.05) is 11.9 Å². The SMILES string of the molecule is O=C(O)c1c(CNC2CCCNC2=O)oc2ccccc12. The average molecular weight is 288 g/mol. The highest BCUT2D eigenvalue weighted by Crippen LogP contribution is 2.26. The number of furan rings is 1. The van der Waals surface area contributed by atoms with Crippen LogP contribution in [0.3, 0.4) is 0 Å². The lowest BCUT2D eigenvalue weighted by molar-refractivity contribution is -0.124. The molecule has 3 rings (SSSR count). The van der Waals surface area contributed by atoms with Crippen molar-refractivity contribution in [2.75, 3.05) is 6.54 Å². The molecule has 21 heavy (non-hydrogen) atoms. The van der Waals surface area contributed by atoms with Gasteiger partial charge in [0.25, 0.3) is 0 Å². The molecule has 0 bridgehead atoms. The second-order valence-electron chi connectivity index (χ2n) is 5.07. The minimum atomic E-state index is -1.02.